The Kier molecular flexibility index (Phi) is 6.67. The number of amides is 2. The SMILES string of the molecule is COCCCNC(=O)CCC(=O)N1CCOc2ccc(Cl)cc21. The van der Waals surface area contributed by atoms with Crippen LogP contribution in [0.1, 0.15) is 19.3 Å². The van der Waals surface area contributed by atoms with E-state index in [0.717, 1.165) is 6.42 Å². The predicted octanol–water partition coefficient (Wildman–Crippen LogP) is 2.00. The van der Waals surface area contributed by atoms with Gasteiger partial charge in [-0.15, -0.1) is 0 Å². The molecular weight excluding hydrogens is 320 g/mol. The van der Waals surface area contributed by atoms with Gasteiger partial charge in [-0.25, -0.2) is 0 Å². The summed E-state index contributed by atoms with van der Waals surface area (Å²) >= 11 is 5.99. The summed E-state index contributed by atoms with van der Waals surface area (Å²) in [5.41, 5.74) is 0.661. The van der Waals surface area contributed by atoms with Crippen molar-refractivity contribution in [1.29, 1.82) is 0 Å². The molecule has 1 N–H and O–H groups in total. The molecule has 1 heterocycles. The molecule has 1 aliphatic heterocycles. The summed E-state index contributed by atoms with van der Waals surface area (Å²) in [6.07, 6.45) is 1.08. The Hall–Kier alpha value is -1.79. The zero-order chi connectivity index (χ0) is 16.7. The van der Waals surface area contributed by atoms with Crippen molar-refractivity contribution in [2.45, 2.75) is 19.3 Å². The minimum atomic E-state index is -0.131. The maximum atomic E-state index is 12.4. The average molecular weight is 341 g/mol. The van der Waals surface area contributed by atoms with Crippen LogP contribution in [-0.4, -0.2) is 45.2 Å². The molecule has 7 heteroatoms. The Morgan fingerprint density at radius 2 is 2.22 bits per heavy atom. The number of anilines is 1. The quantitative estimate of drug-likeness (QED) is 0.771. The number of nitrogens with one attached hydrogen (secondary N) is 1. The molecule has 23 heavy (non-hydrogen) atoms. The van der Waals surface area contributed by atoms with Crippen molar-refractivity contribution < 1.29 is 19.1 Å². The fraction of sp³-hybridized carbons (Fsp3) is 0.500. The first-order valence-corrected chi connectivity index (χ1v) is 7.98. The highest BCUT2D eigenvalue weighted by molar-refractivity contribution is 6.31. The van der Waals surface area contributed by atoms with Crippen LogP contribution >= 0.6 is 11.6 Å². The highest BCUT2D eigenvalue weighted by Gasteiger charge is 2.24. The van der Waals surface area contributed by atoms with Crippen molar-refractivity contribution in [2.24, 2.45) is 0 Å². The summed E-state index contributed by atoms with van der Waals surface area (Å²) in [4.78, 5) is 25.7. The first-order chi connectivity index (χ1) is 11.1. The standard InChI is InChI=1S/C16H21ClN2O4/c1-22-9-2-7-18-15(20)5-6-16(21)19-8-10-23-14-4-3-12(17)11-13(14)19/h3-4,11H,2,5-10H2,1H3,(H,18,20). The van der Waals surface area contributed by atoms with Crippen molar-refractivity contribution in [3.63, 3.8) is 0 Å². The lowest BCUT2D eigenvalue weighted by atomic mass is 10.2. The van der Waals surface area contributed by atoms with Gasteiger partial charge in [0.15, 0.2) is 0 Å². The van der Waals surface area contributed by atoms with E-state index in [-0.39, 0.29) is 24.7 Å². The van der Waals surface area contributed by atoms with E-state index in [1.165, 1.54) is 0 Å². The number of nitrogens with zero attached hydrogens (tertiary/aromatic N) is 1. The van der Waals surface area contributed by atoms with Crippen LogP contribution in [0, 0.1) is 0 Å². The molecule has 0 aliphatic carbocycles. The van der Waals surface area contributed by atoms with Crippen LogP contribution in [0.2, 0.25) is 5.02 Å². The Bertz CT molecular complexity index is 565. The maximum Gasteiger partial charge on any atom is 0.227 e. The molecule has 0 unspecified atom stereocenters. The van der Waals surface area contributed by atoms with E-state index in [9.17, 15) is 9.59 Å². The average Bonchev–Trinajstić information content (AvgIpc) is 2.56. The van der Waals surface area contributed by atoms with Gasteiger partial charge < -0.3 is 19.7 Å². The molecule has 1 aliphatic rings. The molecule has 1 aromatic carbocycles. The first-order valence-electron chi connectivity index (χ1n) is 7.60. The van der Waals surface area contributed by atoms with Gasteiger partial charge in [-0.3, -0.25) is 9.59 Å². The van der Waals surface area contributed by atoms with E-state index in [4.69, 9.17) is 21.1 Å². The summed E-state index contributed by atoms with van der Waals surface area (Å²) < 4.78 is 10.4. The van der Waals surface area contributed by atoms with Crippen molar-refractivity contribution >= 4 is 29.1 Å². The van der Waals surface area contributed by atoms with Crippen LogP contribution in [0.5, 0.6) is 5.75 Å². The second-order valence-electron chi connectivity index (χ2n) is 5.20. The molecule has 126 valence electrons. The lowest BCUT2D eigenvalue weighted by Crippen LogP contribution is -2.38. The third-order valence-electron chi connectivity index (χ3n) is 3.50. The van der Waals surface area contributed by atoms with Crippen LogP contribution in [0.25, 0.3) is 0 Å². The molecule has 0 aromatic heterocycles. The summed E-state index contributed by atoms with van der Waals surface area (Å²) in [5, 5.41) is 3.31. The van der Waals surface area contributed by atoms with E-state index in [0.29, 0.717) is 42.8 Å². The highest BCUT2D eigenvalue weighted by Crippen LogP contribution is 2.34. The molecule has 2 amide bonds. The largest absolute Gasteiger partial charge is 0.490 e. The van der Waals surface area contributed by atoms with Crippen LogP contribution in [0.4, 0.5) is 5.69 Å². The minimum absolute atomic E-state index is 0.108. The predicted molar refractivity (Wildman–Crippen MR) is 88.0 cm³/mol. The van der Waals surface area contributed by atoms with Crippen molar-refractivity contribution in [3.05, 3.63) is 23.2 Å². The van der Waals surface area contributed by atoms with Gasteiger partial charge in [0.1, 0.15) is 12.4 Å². The molecule has 1 aromatic rings. The maximum absolute atomic E-state index is 12.4. The number of carbonyl (C=O) groups excluding carboxylic acids is 2. The molecule has 0 saturated heterocycles. The number of ether oxygens (including phenoxy) is 2. The summed E-state index contributed by atoms with van der Waals surface area (Å²) in [6.45, 7) is 2.05. The number of rotatable bonds is 7. The molecular formula is C16H21ClN2O4. The van der Waals surface area contributed by atoms with E-state index in [1.54, 1.807) is 30.2 Å². The molecule has 0 fully saturated rings. The number of carbonyl (C=O) groups is 2. The zero-order valence-electron chi connectivity index (χ0n) is 13.1. The van der Waals surface area contributed by atoms with Gasteiger partial charge in [0, 0.05) is 38.1 Å². The number of hydrogen-bond donors (Lipinski definition) is 1. The smallest absolute Gasteiger partial charge is 0.227 e. The fourth-order valence-electron chi connectivity index (χ4n) is 2.34. The van der Waals surface area contributed by atoms with Gasteiger partial charge in [0.25, 0.3) is 0 Å². The number of methoxy groups -OCH3 is 1. The Balaban J connectivity index is 1.85. The molecule has 0 spiro atoms. The number of benzene rings is 1. The van der Waals surface area contributed by atoms with Crippen molar-refractivity contribution in [3.8, 4) is 5.75 Å². The van der Waals surface area contributed by atoms with Gasteiger partial charge in [-0.1, -0.05) is 11.6 Å². The third kappa shape index (κ3) is 5.11. The topological polar surface area (TPSA) is 67.9 Å². The molecule has 0 saturated carbocycles. The van der Waals surface area contributed by atoms with Gasteiger partial charge in [-0.05, 0) is 24.6 Å². The van der Waals surface area contributed by atoms with Crippen LogP contribution < -0.4 is 15.0 Å². The Morgan fingerprint density at radius 1 is 1.39 bits per heavy atom. The van der Waals surface area contributed by atoms with Gasteiger partial charge in [0.05, 0.1) is 12.2 Å². The lowest BCUT2D eigenvalue weighted by molar-refractivity contribution is -0.125. The molecule has 6 nitrogen and oxygen atoms in total. The molecule has 0 bridgehead atoms. The molecule has 0 atom stereocenters. The second-order valence-corrected chi connectivity index (χ2v) is 5.64. The minimum Gasteiger partial charge on any atom is -0.490 e. The van der Waals surface area contributed by atoms with Crippen molar-refractivity contribution in [1.82, 2.24) is 5.32 Å². The number of hydrogen-bond acceptors (Lipinski definition) is 4. The van der Waals surface area contributed by atoms with Gasteiger partial charge >= 0.3 is 0 Å². The van der Waals surface area contributed by atoms with Crippen LogP contribution in [-0.2, 0) is 14.3 Å². The fourth-order valence-corrected chi connectivity index (χ4v) is 2.50. The van der Waals surface area contributed by atoms with Crippen LogP contribution in [0.15, 0.2) is 18.2 Å². The number of fused-ring (bicyclic) bond motifs is 1. The van der Waals surface area contributed by atoms with Crippen molar-refractivity contribution in [2.75, 3.05) is 38.3 Å². The summed E-state index contributed by atoms with van der Waals surface area (Å²) in [7, 11) is 1.62. The monoisotopic (exact) mass is 340 g/mol. The molecule has 0 radical (unpaired) electrons. The zero-order valence-corrected chi connectivity index (χ0v) is 13.9. The van der Waals surface area contributed by atoms with E-state index in [1.807, 2.05) is 0 Å². The lowest BCUT2D eigenvalue weighted by Gasteiger charge is -2.29. The highest BCUT2D eigenvalue weighted by atomic mass is 35.5. The Labute approximate surface area is 140 Å². The first kappa shape index (κ1) is 17.6. The van der Waals surface area contributed by atoms with E-state index in [2.05, 4.69) is 5.32 Å². The van der Waals surface area contributed by atoms with E-state index >= 15 is 0 Å². The summed E-state index contributed by atoms with van der Waals surface area (Å²) in [6, 6.07) is 5.18. The van der Waals surface area contributed by atoms with E-state index < -0.39 is 0 Å². The third-order valence-corrected chi connectivity index (χ3v) is 3.73. The normalized spacial score (nSPS) is 13.2. The van der Waals surface area contributed by atoms with Gasteiger partial charge in [-0.2, -0.15) is 0 Å². The van der Waals surface area contributed by atoms with Crippen LogP contribution in [0.3, 0.4) is 0 Å². The second kappa shape index (κ2) is 8.74. The number of halogens is 1. The Morgan fingerprint density at radius 3 is 3.00 bits per heavy atom. The summed E-state index contributed by atoms with van der Waals surface area (Å²) in [5.74, 6) is 0.399. The molecule has 2 rings (SSSR count). The van der Waals surface area contributed by atoms with Gasteiger partial charge in [0.2, 0.25) is 11.8 Å².